The number of benzene rings is 1. The van der Waals surface area contributed by atoms with Gasteiger partial charge in [0.05, 0.1) is 19.2 Å². The van der Waals surface area contributed by atoms with Crippen molar-refractivity contribution in [1.82, 2.24) is 10.2 Å². The third-order valence-corrected chi connectivity index (χ3v) is 5.86. The third kappa shape index (κ3) is 4.18. The molecule has 0 spiro atoms. The highest BCUT2D eigenvalue weighted by molar-refractivity contribution is 7.10. The summed E-state index contributed by atoms with van der Waals surface area (Å²) in [4.78, 5) is 16.0. The maximum absolute atomic E-state index is 12.8. The molecular formula is C18H20Cl2N2O2S. The summed E-state index contributed by atoms with van der Waals surface area (Å²) in [7, 11) is 1.64. The van der Waals surface area contributed by atoms with Gasteiger partial charge in [-0.25, -0.2) is 0 Å². The molecule has 1 aromatic carbocycles. The van der Waals surface area contributed by atoms with Crippen LogP contribution in [0.25, 0.3) is 0 Å². The fourth-order valence-corrected chi connectivity index (χ4v) is 4.53. The molecule has 134 valence electrons. The highest BCUT2D eigenvalue weighted by Crippen LogP contribution is 2.40. The summed E-state index contributed by atoms with van der Waals surface area (Å²) < 4.78 is 5.01. The highest BCUT2D eigenvalue weighted by atomic mass is 35.5. The largest absolute Gasteiger partial charge is 0.383 e. The topological polar surface area (TPSA) is 41.6 Å². The van der Waals surface area contributed by atoms with Gasteiger partial charge < -0.3 is 15.0 Å². The van der Waals surface area contributed by atoms with E-state index >= 15 is 0 Å². The van der Waals surface area contributed by atoms with Crippen molar-refractivity contribution in [2.45, 2.75) is 12.5 Å². The summed E-state index contributed by atoms with van der Waals surface area (Å²) in [6, 6.07) is 7.40. The Morgan fingerprint density at radius 3 is 2.96 bits per heavy atom. The number of thiophene rings is 1. The van der Waals surface area contributed by atoms with E-state index in [1.54, 1.807) is 24.5 Å². The normalized spacial score (nSPS) is 16.8. The molecule has 0 saturated heterocycles. The average Bonchev–Trinajstić information content (AvgIpc) is 3.07. The Kier molecular flexibility index (Phi) is 6.36. The van der Waals surface area contributed by atoms with Crippen molar-refractivity contribution in [1.29, 1.82) is 0 Å². The second-order valence-corrected chi connectivity index (χ2v) is 7.72. The number of carbonyl (C=O) groups is 1. The van der Waals surface area contributed by atoms with Crippen LogP contribution in [0.5, 0.6) is 0 Å². The predicted molar refractivity (Wildman–Crippen MR) is 103 cm³/mol. The zero-order chi connectivity index (χ0) is 17.8. The molecule has 7 heteroatoms. The molecule has 1 amide bonds. The lowest BCUT2D eigenvalue weighted by atomic mass is 9.93. The Hall–Kier alpha value is -1.11. The molecule has 1 unspecified atom stereocenters. The molecule has 3 rings (SSSR count). The van der Waals surface area contributed by atoms with Gasteiger partial charge in [-0.3, -0.25) is 4.79 Å². The van der Waals surface area contributed by atoms with Gasteiger partial charge in [0, 0.05) is 35.1 Å². The van der Waals surface area contributed by atoms with Gasteiger partial charge in [0.2, 0.25) is 5.91 Å². The van der Waals surface area contributed by atoms with Crippen molar-refractivity contribution in [2.75, 3.05) is 33.4 Å². The second kappa shape index (κ2) is 8.52. The number of nitrogens with zero attached hydrogens (tertiary/aromatic N) is 1. The van der Waals surface area contributed by atoms with E-state index in [1.807, 2.05) is 17.0 Å². The number of fused-ring (bicyclic) bond motifs is 1. The molecular weight excluding hydrogens is 379 g/mol. The molecule has 4 nitrogen and oxygen atoms in total. The minimum atomic E-state index is -0.170. The van der Waals surface area contributed by atoms with Gasteiger partial charge in [-0.05, 0) is 41.1 Å². The Morgan fingerprint density at radius 2 is 2.20 bits per heavy atom. The summed E-state index contributed by atoms with van der Waals surface area (Å²) >= 11 is 14.2. The van der Waals surface area contributed by atoms with Crippen molar-refractivity contribution in [3.8, 4) is 0 Å². The third-order valence-electron chi connectivity index (χ3n) is 4.30. The van der Waals surface area contributed by atoms with Gasteiger partial charge >= 0.3 is 0 Å². The summed E-state index contributed by atoms with van der Waals surface area (Å²) in [6.07, 6.45) is 0.874. The van der Waals surface area contributed by atoms with Crippen LogP contribution in [-0.2, 0) is 16.0 Å². The van der Waals surface area contributed by atoms with E-state index in [0.717, 1.165) is 17.5 Å². The fourth-order valence-electron chi connectivity index (χ4n) is 3.11. The van der Waals surface area contributed by atoms with Crippen LogP contribution in [0, 0.1) is 0 Å². The lowest BCUT2D eigenvalue weighted by Gasteiger charge is -2.37. The minimum Gasteiger partial charge on any atom is -0.383 e. The van der Waals surface area contributed by atoms with Crippen LogP contribution in [0.1, 0.15) is 22.0 Å². The van der Waals surface area contributed by atoms with Gasteiger partial charge in [0.1, 0.15) is 0 Å². The average molecular weight is 399 g/mol. The number of halogens is 2. The fraction of sp³-hybridized carbons (Fsp3) is 0.389. The highest BCUT2D eigenvalue weighted by Gasteiger charge is 2.33. The number of rotatable bonds is 6. The van der Waals surface area contributed by atoms with Gasteiger partial charge in [-0.1, -0.05) is 29.3 Å². The van der Waals surface area contributed by atoms with Crippen LogP contribution in [0.2, 0.25) is 10.0 Å². The Bertz CT molecular complexity index is 750. The van der Waals surface area contributed by atoms with E-state index in [-0.39, 0.29) is 18.5 Å². The molecule has 0 radical (unpaired) electrons. The molecule has 1 aliphatic heterocycles. The number of carbonyl (C=O) groups excluding carboxylic acids is 1. The Labute approximate surface area is 161 Å². The van der Waals surface area contributed by atoms with E-state index < -0.39 is 0 Å². The van der Waals surface area contributed by atoms with E-state index in [9.17, 15) is 4.79 Å². The first-order chi connectivity index (χ1) is 12.1. The standard InChI is InChI=1S/C18H20Cl2N2O2S/c1-24-8-6-21-11-17(23)22-7-4-16-14(5-9-25-16)18(22)13-3-2-12(19)10-15(13)20/h2-3,5,9-10,18,21H,4,6-8,11H2,1H3. The van der Waals surface area contributed by atoms with Crippen LogP contribution in [0.15, 0.2) is 29.6 Å². The van der Waals surface area contributed by atoms with Crippen LogP contribution in [-0.4, -0.2) is 44.2 Å². The Morgan fingerprint density at radius 1 is 1.36 bits per heavy atom. The zero-order valence-electron chi connectivity index (χ0n) is 13.9. The number of ether oxygens (including phenoxy) is 1. The summed E-state index contributed by atoms with van der Waals surface area (Å²) in [5.74, 6) is 0.0592. The number of methoxy groups -OCH3 is 1. The SMILES string of the molecule is COCCNCC(=O)N1CCc2sccc2C1c1ccc(Cl)cc1Cl. The van der Waals surface area contributed by atoms with Crippen LogP contribution >= 0.6 is 34.5 Å². The zero-order valence-corrected chi connectivity index (χ0v) is 16.3. The molecule has 0 bridgehead atoms. The lowest BCUT2D eigenvalue weighted by Crippen LogP contribution is -2.44. The van der Waals surface area contributed by atoms with Gasteiger partial charge in [0.15, 0.2) is 0 Å². The quantitative estimate of drug-likeness (QED) is 0.752. The number of nitrogens with one attached hydrogen (secondary N) is 1. The maximum atomic E-state index is 12.8. The monoisotopic (exact) mass is 398 g/mol. The summed E-state index contributed by atoms with van der Waals surface area (Å²) in [5.41, 5.74) is 2.07. The van der Waals surface area contributed by atoms with E-state index in [2.05, 4.69) is 16.8 Å². The number of amides is 1. The van der Waals surface area contributed by atoms with Crippen LogP contribution in [0.3, 0.4) is 0 Å². The first-order valence-electron chi connectivity index (χ1n) is 8.12. The molecule has 2 heterocycles. The molecule has 1 aromatic heterocycles. The molecule has 0 saturated carbocycles. The first-order valence-corrected chi connectivity index (χ1v) is 9.75. The van der Waals surface area contributed by atoms with E-state index in [0.29, 0.717) is 29.7 Å². The summed E-state index contributed by atoms with van der Waals surface area (Å²) in [6.45, 7) is 2.19. The molecule has 0 aliphatic carbocycles. The van der Waals surface area contributed by atoms with Crippen LogP contribution < -0.4 is 5.32 Å². The molecule has 0 fully saturated rings. The van der Waals surface area contributed by atoms with Crippen molar-refractivity contribution in [3.05, 3.63) is 55.7 Å². The molecule has 1 N–H and O–H groups in total. The number of hydrogen-bond donors (Lipinski definition) is 1. The van der Waals surface area contributed by atoms with Gasteiger partial charge in [-0.2, -0.15) is 0 Å². The molecule has 25 heavy (non-hydrogen) atoms. The first kappa shape index (κ1) is 18.7. The maximum Gasteiger partial charge on any atom is 0.237 e. The van der Waals surface area contributed by atoms with Crippen molar-refractivity contribution >= 4 is 40.4 Å². The van der Waals surface area contributed by atoms with Crippen molar-refractivity contribution in [3.63, 3.8) is 0 Å². The molecule has 1 aliphatic rings. The van der Waals surface area contributed by atoms with Gasteiger partial charge in [-0.15, -0.1) is 11.3 Å². The van der Waals surface area contributed by atoms with Crippen molar-refractivity contribution < 1.29 is 9.53 Å². The van der Waals surface area contributed by atoms with Gasteiger partial charge in [0.25, 0.3) is 0 Å². The van der Waals surface area contributed by atoms with E-state index in [1.165, 1.54) is 4.88 Å². The Balaban J connectivity index is 1.88. The minimum absolute atomic E-state index is 0.0592. The second-order valence-electron chi connectivity index (χ2n) is 5.87. The molecule has 2 aromatic rings. The summed E-state index contributed by atoms with van der Waals surface area (Å²) in [5, 5.41) is 6.38. The predicted octanol–water partition coefficient (Wildman–Crippen LogP) is 3.77. The van der Waals surface area contributed by atoms with E-state index in [4.69, 9.17) is 27.9 Å². The number of hydrogen-bond acceptors (Lipinski definition) is 4. The van der Waals surface area contributed by atoms with Crippen molar-refractivity contribution in [2.24, 2.45) is 0 Å². The molecule has 1 atom stereocenters. The lowest BCUT2D eigenvalue weighted by molar-refractivity contribution is -0.132. The van der Waals surface area contributed by atoms with Crippen LogP contribution in [0.4, 0.5) is 0 Å². The smallest absolute Gasteiger partial charge is 0.237 e.